The molecular formula is C19H21BrClNO4. The summed E-state index contributed by atoms with van der Waals surface area (Å²) in [5, 5.41) is 0.359. The third-order valence-corrected chi connectivity index (χ3v) is 3.81. The quantitative estimate of drug-likeness (QED) is 0.529. The summed E-state index contributed by atoms with van der Waals surface area (Å²) < 4.78 is 17.2. The van der Waals surface area contributed by atoms with Gasteiger partial charge >= 0.3 is 5.97 Å². The maximum Gasteiger partial charge on any atom is 0.338 e. The normalized spacial score (nSPS) is 11.4. The highest BCUT2D eigenvalue weighted by Gasteiger charge is 2.19. The van der Waals surface area contributed by atoms with Gasteiger partial charge in [0.15, 0.2) is 0 Å². The van der Waals surface area contributed by atoms with Gasteiger partial charge in [0.05, 0.1) is 22.3 Å². The molecule has 1 heterocycles. The van der Waals surface area contributed by atoms with Crippen LogP contribution in [0.3, 0.4) is 0 Å². The van der Waals surface area contributed by atoms with Crippen LogP contribution in [0.4, 0.5) is 0 Å². The molecule has 0 aliphatic heterocycles. The van der Waals surface area contributed by atoms with E-state index in [1.165, 1.54) is 6.20 Å². The molecule has 1 aromatic carbocycles. The highest BCUT2D eigenvalue weighted by Crippen LogP contribution is 2.33. The Kier molecular flexibility index (Phi) is 6.53. The van der Waals surface area contributed by atoms with E-state index < -0.39 is 11.6 Å². The fourth-order valence-electron chi connectivity index (χ4n) is 1.95. The van der Waals surface area contributed by atoms with Crippen molar-refractivity contribution in [1.82, 2.24) is 4.98 Å². The Morgan fingerprint density at radius 1 is 1.23 bits per heavy atom. The van der Waals surface area contributed by atoms with E-state index in [1.54, 1.807) is 24.3 Å². The summed E-state index contributed by atoms with van der Waals surface area (Å²) in [4.78, 5) is 16.3. The van der Waals surface area contributed by atoms with Crippen molar-refractivity contribution in [3.63, 3.8) is 0 Å². The van der Waals surface area contributed by atoms with Gasteiger partial charge in [0.2, 0.25) is 5.88 Å². The molecule has 5 nitrogen and oxygen atoms in total. The molecule has 2 aromatic rings. The number of ether oxygens (including phenoxy) is 3. The van der Waals surface area contributed by atoms with Gasteiger partial charge in [-0.2, -0.15) is 0 Å². The molecule has 2 rings (SSSR count). The van der Waals surface area contributed by atoms with Crippen LogP contribution in [0, 0.1) is 0 Å². The molecule has 0 unspecified atom stereocenters. The van der Waals surface area contributed by atoms with Crippen molar-refractivity contribution in [3.8, 4) is 17.4 Å². The molecule has 0 spiro atoms. The van der Waals surface area contributed by atoms with Crippen molar-refractivity contribution < 1.29 is 19.0 Å². The minimum Gasteiger partial charge on any atom is -0.474 e. The number of esters is 1. The minimum absolute atomic E-state index is 0.0266. The van der Waals surface area contributed by atoms with Crippen molar-refractivity contribution in [3.05, 3.63) is 45.5 Å². The molecule has 0 fully saturated rings. The molecule has 140 valence electrons. The van der Waals surface area contributed by atoms with Crippen LogP contribution in [0.2, 0.25) is 5.02 Å². The molecule has 7 heteroatoms. The average Bonchev–Trinajstić information content (AvgIpc) is 2.50. The van der Waals surface area contributed by atoms with Crippen molar-refractivity contribution in [2.24, 2.45) is 0 Å². The lowest BCUT2D eigenvalue weighted by Crippen LogP contribution is -2.23. The fraction of sp³-hybridized carbons (Fsp3) is 0.368. The van der Waals surface area contributed by atoms with Gasteiger partial charge in [-0.15, -0.1) is 0 Å². The third kappa shape index (κ3) is 5.88. The highest BCUT2D eigenvalue weighted by atomic mass is 79.9. The molecule has 0 N–H and O–H groups in total. The highest BCUT2D eigenvalue weighted by molar-refractivity contribution is 9.10. The van der Waals surface area contributed by atoms with Crippen LogP contribution in [0.15, 0.2) is 34.9 Å². The van der Waals surface area contributed by atoms with Gasteiger partial charge in [0, 0.05) is 6.07 Å². The number of benzene rings is 1. The largest absolute Gasteiger partial charge is 0.474 e. The van der Waals surface area contributed by atoms with E-state index in [0.717, 1.165) is 0 Å². The summed E-state index contributed by atoms with van der Waals surface area (Å²) in [7, 11) is 0. The van der Waals surface area contributed by atoms with Crippen molar-refractivity contribution in [2.45, 2.75) is 46.3 Å². The van der Waals surface area contributed by atoms with Gasteiger partial charge in [-0.05, 0) is 68.7 Å². The second-order valence-electron chi connectivity index (χ2n) is 6.87. The Bertz CT molecular complexity index is 803. The molecule has 0 saturated carbocycles. The van der Waals surface area contributed by atoms with Crippen LogP contribution >= 0.6 is 27.5 Å². The van der Waals surface area contributed by atoms with Crippen molar-refractivity contribution >= 4 is 33.5 Å². The number of nitrogens with zero attached hydrogens (tertiary/aromatic N) is 1. The van der Waals surface area contributed by atoms with Gasteiger partial charge in [0.1, 0.15) is 22.1 Å². The first kappa shape index (κ1) is 20.5. The maximum atomic E-state index is 12.1. The summed E-state index contributed by atoms with van der Waals surface area (Å²) >= 11 is 9.57. The van der Waals surface area contributed by atoms with Crippen LogP contribution in [0.5, 0.6) is 17.4 Å². The first-order valence-corrected chi connectivity index (χ1v) is 9.25. The lowest BCUT2D eigenvalue weighted by atomic mass is 10.1. The topological polar surface area (TPSA) is 57.7 Å². The van der Waals surface area contributed by atoms with Crippen LogP contribution in [-0.4, -0.2) is 22.7 Å². The molecule has 0 bridgehead atoms. The minimum atomic E-state index is -0.555. The molecule has 0 aliphatic rings. The number of carbonyl (C=O) groups is 1. The zero-order valence-electron chi connectivity index (χ0n) is 15.3. The Hall–Kier alpha value is -1.79. The van der Waals surface area contributed by atoms with Crippen LogP contribution < -0.4 is 9.47 Å². The summed E-state index contributed by atoms with van der Waals surface area (Å²) in [6.45, 7) is 9.25. The molecule has 0 atom stereocenters. The van der Waals surface area contributed by atoms with Gasteiger partial charge in [-0.25, -0.2) is 9.78 Å². The zero-order chi connectivity index (χ0) is 19.5. The Morgan fingerprint density at radius 2 is 1.92 bits per heavy atom. The summed E-state index contributed by atoms with van der Waals surface area (Å²) in [6.07, 6.45) is 1.50. The Balaban J connectivity index is 2.15. The molecule has 0 saturated heterocycles. The number of pyridine rings is 1. The van der Waals surface area contributed by atoms with E-state index in [2.05, 4.69) is 20.9 Å². The summed E-state index contributed by atoms with van der Waals surface area (Å²) in [5.74, 6) is 0.933. The van der Waals surface area contributed by atoms with Crippen molar-refractivity contribution in [1.29, 1.82) is 0 Å². The van der Waals surface area contributed by atoms with E-state index in [1.807, 2.05) is 34.6 Å². The lowest BCUT2D eigenvalue weighted by molar-refractivity contribution is 0.00694. The van der Waals surface area contributed by atoms with E-state index in [0.29, 0.717) is 32.4 Å². The van der Waals surface area contributed by atoms with E-state index in [4.69, 9.17) is 25.8 Å². The smallest absolute Gasteiger partial charge is 0.338 e. The molecule has 1 aromatic heterocycles. The van der Waals surface area contributed by atoms with Crippen LogP contribution in [0.1, 0.15) is 45.0 Å². The lowest BCUT2D eigenvalue weighted by Gasteiger charge is -2.19. The van der Waals surface area contributed by atoms with E-state index in [-0.39, 0.29) is 6.10 Å². The number of hydrogen-bond acceptors (Lipinski definition) is 5. The number of halogens is 2. The number of carbonyl (C=O) groups excluding carboxylic acids is 1. The predicted molar refractivity (Wildman–Crippen MR) is 104 cm³/mol. The molecular weight excluding hydrogens is 422 g/mol. The second-order valence-corrected chi connectivity index (χ2v) is 8.14. The molecule has 26 heavy (non-hydrogen) atoms. The average molecular weight is 443 g/mol. The van der Waals surface area contributed by atoms with Crippen molar-refractivity contribution in [2.75, 3.05) is 0 Å². The number of hydrogen-bond donors (Lipinski definition) is 0. The predicted octanol–water partition coefficient (Wildman–Crippen LogP) is 6.03. The Morgan fingerprint density at radius 3 is 2.46 bits per heavy atom. The summed E-state index contributed by atoms with van der Waals surface area (Å²) in [5.41, 5.74) is -0.128. The maximum absolute atomic E-state index is 12.1. The fourth-order valence-corrected chi connectivity index (χ4v) is 2.61. The van der Waals surface area contributed by atoms with Gasteiger partial charge in [-0.1, -0.05) is 11.6 Å². The molecule has 0 aliphatic carbocycles. The first-order chi connectivity index (χ1) is 12.0. The summed E-state index contributed by atoms with van der Waals surface area (Å²) in [6, 6.07) is 6.59. The van der Waals surface area contributed by atoms with Crippen LogP contribution in [0.25, 0.3) is 0 Å². The SMILES string of the molecule is CC(C)Oc1ncc(Oc2ccc(C(=O)OC(C)(C)C)cc2Br)cc1Cl. The zero-order valence-corrected chi connectivity index (χ0v) is 17.6. The number of rotatable bonds is 5. The van der Waals surface area contributed by atoms with E-state index in [9.17, 15) is 4.79 Å². The standard InChI is InChI=1S/C19H21BrClNO4/c1-11(2)24-17-15(21)9-13(10-22-17)25-16-7-6-12(8-14(16)20)18(23)26-19(3,4)5/h6-11H,1-5H3. The second kappa shape index (κ2) is 8.27. The Labute approximate surface area is 166 Å². The molecule has 0 amide bonds. The third-order valence-electron chi connectivity index (χ3n) is 2.92. The van der Waals surface area contributed by atoms with Gasteiger partial charge in [-0.3, -0.25) is 0 Å². The molecule has 0 radical (unpaired) electrons. The van der Waals surface area contributed by atoms with Gasteiger partial charge in [0.25, 0.3) is 0 Å². The number of aromatic nitrogens is 1. The van der Waals surface area contributed by atoms with Crippen LogP contribution in [-0.2, 0) is 4.74 Å². The first-order valence-electron chi connectivity index (χ1n) is 8.08. The van der Waals surface area contributed by atoms with E-state index >= 15 is 0 Å². The monoisotopic (exact) mass is 441 g/mol. The van der Waals surface area contributed by atoms with Gasteiger partial charge < -0.3 is 14.2 Å².